The smallest absolute Gasteiger partial charge is 0.384 e. The number of carbonyl (C=O) groups is 2. The third-order valence-corrected chi connectivity index (χ3v) is 4.12. The molecule has 6 heteroatoms. The highest BCUT2D eigenvalue weighted by Crippen LogP contribution is 2.15. The Balaban J connectivity index is 1.52. The largest absolute Gasteiger partial charge is 0.451 e. The number of benzene rings is 2. The molecule has 0 bridgehead atoms. The third-order valence-electron chi connectivity index (χ3n) is 3.76. The van der Waals surface area contributed by atoms with Crippen LogP contribution in [0.2, 0.25) is 0 Å². The maximum Gasteiger partial charge on any atom is 0.384 e. The van der Waals surface area contributed by atoms with E-state index < -0.39 is 5.97 Å². The van der Waals surface area contributed by atoms with E-state index >= 15 is 0 Å². The van der Waals surface area contributed by atoms with Crippen LogP contribution in [0.5, 0.6) is 0 Å². The highest BCUT2D eigenvalue weighted by atomic mass is 32.1. The van der Waals surface area contributed by atoms with Gasteiger partial charge >= 0.3 is 5.97 Å². The number of esters is 1. The minimum Gasteiger partial charge on any atom is -0.451 e. The van der Waals surface area contributed by atoms with Crippen molar-refractivity contribution in [2.75, 3.05) is 6.54 Å². The first kappa shape index (κ1) is 18.4. The molecule has 1 aromatic heterocycles. The van der Waals surface area contributed by atoms with E-state index in [1.807, 2.05) is 30.3 Å². The van der Waals surface area contributed by atoms with Crippen LogP contribution < -0.4 is 5.32 Å². The van der Waals surface area contributed by atoms with E-state index in [4.69, 9.17) is 17.0 Å². The first-order chi connectivity index (χ1) is 13.1. The molecule has 1 heterocycles. The van der Waals surface area contributed by atoms with E-state index in [1.54, 1.807) is 30.5 Å². The van der Waals surface area contributed by atoms with Crippen molar-refractivity contribution in [3.05, 3.63) is 76.4 Å². The van der Waals surface area contributed by atoms with Gasteiger partial charge in [0.25, 0.3) is 5.91 Å². The molecule has 0 saturated carbocycles. The number of H-pyrrole nitrogens is 1. The molecule has 3 rings (SSSR count). The second-order valence-electron chi connectivity index (χ2n) is 5.65. The van der Waals surface area contributed by atoms with Crippen molar-refractivity contribution in [3.63, 3.8) is 0 Å². The Labute approximate surface area is 161 Å². The molecule has 0 spiro atoms. The molecule has 0 atom stereocenters. The van der Waals surface area contributed by atoms with Crippen LogP contribution in [0.1, 0.15) is 15.9 Å². The topological polar surface area (TPSA) is 71.2 Å². The molecule has 0 aliphatic rings. The molecule has 5 nitrogen and oxygen atoms in total. The van der Waals surface area contributed by atoms with Gasteiger partial charge < -0.3 is 15.0 Å². The Morgan fingerprint density at radius 1 is 1.11 bits per heavy atom. The lowest BCUT2D eigenvalue weighted by molar-refractivity contribution is -0.137. The summed E-state index contributed by atoms with van der Waals surface area (Å²) in [6.45, 7) is 0.210. The number of fused-ring (bicyclic) bond motifs is 1. The number of rotatable bonds is 4. The number of aromatic amines is 1. The Morgan fingerprint density at radius 3 is 2.74 bits per heavy atom. The van der Waals surface area contributed by atoms with Crippen molar-refractivity contribution in [2.45, 2.75) is 6.61 Å². The number of hydrogen-bond acceptors (Lipinski definition) is 4. The zero-order chi connectivity index (χ0) is 19.1. The molecule has 2 N–H and O–H groups in total. The van der Waals surface area contributed by atoms with Gasteiger partial charge in [0.15, 0.2) is 0 Å². The Bertz CT molecular complexity index is 1090. The second kappa shape index (κ2) is 8.79. The standard InChI is InChI=1S/C21H16N2O3S/c24-20(26-14-15-5-2-1-3-6-15)7-4-11-23-21(25)16-8-9-17-18(13-16)22-12-10-19(17)27/h1-3,5-6,8-10,12-13H,11,14H2,(H,22,27)(H,23,25). The van der Waals surface area contributed by atoms with E-state index in [1.165, 1.54) is 0 Å². The molecule has 2 aromatic carbocycles. The molecule has 134 valence electrons. The summed E-state index contributed by atoms with van der Waals surface area (Å²) in [5.41, 5.74) is 2.15. The van der Waals surface area contributed by atoms with Gasteiger partial charge in [-0.15, -0.1) is 0 Å². The van der Waals surface area contributed by atoms with E-state index in [9.17, 15) is 9.59 Å². The Hall–Kier alpha value is -3.43. The van der Waals surface area contributed by atoms with Gasteiger partial charge in [-0.25, -0.2) is 4.79 Å². The molecule has 0 saturated heterocycles. The first-order valence-corrected chi connectivity index (χ1v) is 8.63. The summed E-state index contributed by atoms with van der Waals surface area (Å²) in [6.07, 6.45) is 1.74. The number of amides is 1. The zero-order valence-electron chi connectivity index (χ0n) is 14.3. The summed E-state index contributed by atoms with van der Waals surface area (Å²) < 4.78 is 5.76. The number of nitrogens with one attached hydrogen (secondary N) is 2. The molecule has 0 fully saturated rings. The van der Waals surface area contributed by atoms with Crippen LogP contribution in [0.25, 0.3) is 10.9 Å². The van der Waals surface area contributed by atoms with Crippen molar-refractivity contribution in [1.29, 1.82) is 0 Å². The molecule has 0 aliphatic carbocycles. The van der Waals surface area contributed by atoms with Crippen LogP contribution in [-0.4, -0.2) is 23.4 Å². The monoisotopic (exact) mass is 376 g/mol. The minimum atomic E-state index is -0.633. The molecule has 1 amide bonds. The van der Waals surface area contributed by atoms with Crippen LogP contribution in [0, 0.1) is 16.4 Å². The quantitative estimate of drug-likeness (QED) is 0.317. The molecule has 3 aromatic rings. The summed E-state index contributed by atoms with van der Waals surface area (Å²) in [5, 5.41) is 3.53. The summed E-state index contributed by atoms with van der Waals surface area (Å²) in [6, 6.07) is 16.4. The number of aromatic nitrogens is 1. The summed E-state index contributed by atoms with van der Waals surface area (Å²) in [4.78, 5) is 26.8. The highest BCUT2D eigenvalue weighted by molar-refractivity contribution is 7.71. The normalized spacial score (nSPS) is 9.93. The number of pyridine rings is 1. The van der Waals surface area contributed by atoms with Gasteiger partial charge in [-0.3, -0.25) is 4.79 Å². The highest BCUT2D eigenvalue weighted by Gasteiger charge is 2.06. The lowest BCUT2D eigenvalue weighted by Gasteiger charge is -2.04. The van der Waals surface area contributed by atoms with Crippen molar-refractivity contribution < 1.29 is 14.3 Å². The van der Waals surface area contributed by atoms with E-state index in [0.717, 1.165) is 21.0 Å². The summed E-state index contributed by atoms with van der Waals surface area (Å²) in [5.74, 6) is 4.02. The van der Waals surface area contributed by atoms with Gasteiger partial charge in [0.2, 0.25) is 0 Å². The summed E-state index contributed by atoms with van der Waals surface area (Å²) in [7, 11) is 0. The van der Waals surface area contributed by atoms with Gasteiger partial charge in [0.05, 0.1) is 6.54 Å². The minimum absolute atomic E-state index is 0.0437. The van der Waals surface area contributed by atoms with Crippen molar-refractivity contribution >= 4 is 35.0 Å². The number of hydrogen-bond donors (Lipinski definition) is 2. The van der Waals surface area contributed by atoms with Crippen LogP contribution in [0.3, 0.4) is 0 Å². The summed E-state index contributed by atoms with van der Waals surface area (Å²) >= 11 is 5.24. The van der Waals surface area contributed by atoms with Gasteiger partial charge in [-0.05, 0) is 23.8 Å². The first-order valence-electron chi connectivity index (χ1n) is 8.23. The second-order valence-corrected chi connectivity index (χ2v) is 6.09. The van der Waals surface area contributed by atoms with E-state index in [-0.39, 0.29) is 19.1 Å². The van der Waals surface area contributed by atoms with E-state index in [2.05, 4.69) is 22.1 Å². The fourth-order valence-corrected chi connectivity index (χ4v) is 2.66. The third kappa shape index (κ3) is 5.03. The maximum atomic E-state index is 12.2. The zero-order valence-corrected chi connectivity index (χ0v) is 15.1. The van der Waals surface area contributed by atoms with Crippen LogP contribution in [0.15, 0.2) is 60.8 Å². The fourth-order valence-electron chi connectivity index (χ4n) is 2.42. The molecular formula is C21H16N2O3S. The predicted octanol–water partition coefficient (Wildman–Crippen LogP) is 3.37. The molecule has 0 radical (unpaired) electrons. The van der Waals surface area contributed by atoms with Crippen molar-refractivity contribution in [1.82, 2.24) is 10.3 Å². The SMILES string of the molecule is O=C(C#CCNC(=O)c1ccc2c(=S)cc[nH]c2c1)OCc1ccccc1. The van der Waals surface area contributed by atoms with Crippen molar-refractivity contribution in [3.8, 4) is 11.8 Å². The van der Waals surface area contributed by atoms with Crippen molar-refractivity contribution in [2.24, 2.45) is 0 Å². The lowest BCUT2D eigenvalue weighted by Crippen LogP contribution is -2.23. The van der Waals surface area contributed by atoms with Gasteiger partial charge in [-0.1, -0.05) is 54.5 Å². The molecule has 0 unspecified atom stereocenters. The maximum absolute atomic E-state index is 12.2. The average Bonchev–Trinajstić information content (AvgIpc) is 2.70. The number of ether oxygens (including phenoxy) is 1. The molecular weight excluding hydrogens is 360 g/mol. The van der Waals surface area contributed by atoms with Crippen LogP contribution in [-0.2, 0) is 16.1 Å². The average molecular weight is 376 g/mol. The van der Waals surface area contributed by atoms with Crippen LogP contribution in [0.4, 0.5) is 0 Å². The van der Waals surface area contributed by atoms with Gasteiger partial charge in [-0.2, -0.15) is 0 Å². The molecule has 27 heavy (non-hydrogen) atoms. The predicted molar refractivity (Wildman–Crippen MR) is 105 cm³/mol. The lowest BCUT2D eigenvalue weighted by atomic mass is 10.1. The Kier molecular flexibility index (Phi) is 5.98. The van der Waals surface area contributed by atoms with Gasteiger partial charge in [0.1, 0.15) is 6.61 Å². The Morgan fingerprint density at radius 2 is 1.93 bits per heavy atom. The van der Waals surface area contributed by atoms with E-state index in [0.29, 0.717) is 5.56 Å². The van der Waals surface area contributed by atoms with Gasteiger partial charge in [0, 0.05) is 33.1 Å². The molecule has 0 aliphatic heterocycles. The number of carbonyl (C=O) groups excluding carboxylic acids is 2. The van der Waals surface area contributed by atoms with Crippen LogP contribution >= 0.6 is 12.2 Å². The fraction of sp³-hybridized carbons (Fsp3) is 0.0952.